The molecule has 0 spiro atoms. The van der Waals surface area contributed by atoms with Crippen LogP contribution in [0.25, 0.3) is 0 Å². The van der Waals surface area contributed by atoms with Gasteiger partial charge in [-0.15, -0.1) is 6.42 Å². The molecule has 1 aliphatic rings. The largest absolute Gasteiger partial charge is 0.479 e. The molecule has 1 rings (SSSR count). The second kappa shape index (κ2) is 4.65. The summed E-state index contributed by atoms with van der Waals surface area (Å²) in [4.78, 5) is 10.6. The van der Waals surface area contributed by atoms with Gasteiger partial charge in [-0.3, -0.25) is 5.32 Å². The van der Waals surface area contributed by atoms with Crippen LogP contribution in [-0.4, -0.2) is 35.4 Å². The summed E-state index contributed by atoms with van der Waals surface area (Å²) in [6.07, 6.45) is 5.98. The fraction of sp³-hybridized carbons (Fsp3) is 0.727. The van der Waals surface area contributed by atoms with Crippen LogP contribution in [0.3, 0.4) is 0 Å². The second-order valence-corrected chi connectivity index (χ2v) is 4.31. The highest BCUT2D eigenvalue weighted by Crippen LogP contribution is 2.19. The Balaban J connectivity index is 2.32. The van der Waals surface area contributed by atoms with Crippen molar-refractivity contribution in [3.05, 3.63) is 0 Å². The minimum Gasteiger partial charge on any atom is -0.479 e. The molecule has 1 aliphatic heterocycles. The maximum Gasteiger partial charge on any atom is 0.332 e. The van der Waals surface area contributed by atoms with Gasteiger partial charge in [-0.05, 0) is 26.7 Å². The third kappa shape index (κ3) is 3.54. The molecule has 0 amide bonds. The molecule has 1 heterocycles. The van der Waals surface area contributed by atoms with Crippen molar-refractivity contribution in [3.63, 3.8) is 0 Å². The summed E-state index contributed by atoms with van der Waals surface area (Å²) >= 11 is 0. The summed E-state index contributed by atoms with van der Waals surface area (Å²) in [5, 5.41) is 11.9. The van der Waals surface area contributed by atoms with Crippen molar-refractivity contribution in [1.82, 2.24) is 5.32 Å². The Hall–Kier alpha value is -1.05. The highest BCUT2D eigenvalue weighted by atomic mass is 16.5. The number of rotatable bonds is 4. The number of ether oxygens (including phenoxy) is 1. The van der Waals surface area contributed by atoms with E-state index in [9.17, 15) is 4.79 Å². The van der Waals surface area contributed by atoms with Crippen LogP contribution in [0.15, 0.2) is 0 Å². The van der Waals surface area contributed by atoms with Gasteiger partial charge in [0, 0.05) is 6.54 Å². The quantitative estimate of drug-likeness (QED) is 0.669. The van der Waals surface area contributed by atoms with Crippen molar-refractivity contribution in [3.8, 4) is 12.3 Å². The molecular formula is C11H17NO3. The number of nitrogens with one attached hydrogen (secondary N) is 1. The third-order valence-corrected chi connectivity index (χ3v) is 2.52. The fourth-order valence-electron chi connectivity index (χ4n) is 1.46. The SMILES string of the molecule is C#CC(C)(C)NCC1CCC(C(=O)O)O1. The van der Waals surface area contributed by atoms with Gasteiger partial charge in [0.15, 0.2) is 6.10 Å². The van der Waals surface area contributed by atoms with Gasteiger partial charge in [-0.2, -0.15) is 0 Å². The predicted octanol–water partition coefficient (Wildman–Crippen LogP) is 0.620. The van der Waals surface area contributed by atoms with E-state index in [1.165, 1.54) is 0 Å². The van der Waals surface area contributed by atoms with Crippen LogP contribution < -0.4 is 5.32 Å². The molecule has 15 heavy (non-hydrogen) atoms. The van der Waals surface area contributed by atoms with Crippen molar-refractivity contribution < 1.29 is 14.6 Å². The zero-order valence-electron chi connectivity index (χ0n) is 9.12. The molecule has 4 heteroatoms. The Bertz CT molecular complexity index is 280. The monoisotopic (exact) mass is 211 g/mol. The van der Waals surface area contributed by atoms with Crippen LogP contribution in [0, 0.1) is 12.3 Å². The first-order valence-electron chi connectivity index (χ1n) is 5.05. The predicted molar refractivity (Wildman–Crippen MR) is 56.4 cm³/mol. The van der Waals surface area contributed by atoms with Crippen LogP contribution in [0.2, 0.25) is 0 Å². The molecule has 0 bridgehead atoms. The molecule has 1 saturated heterocycles. The highest BCUT2D eigenvalue weighted by molar-refractivity contribution is 5.72. The van der Waals surface area contributed by atoms with Crippen molar-refractivity contribution in [2.75, 3.05) is 6.54 Å². The van der Waals surface area contributed by atoms with E-state index >= 15 is 0 Å². The fourth-order valence-corrected chi connectivity index (χ4v) is 1.46. The molecule has 84 valence electrons. The average Bonchev–Trinajstić information content (AvgIpc) is 2.63. The van der Waals surface area contributed by atoms with Crippen LogP contribution in [0.5, 0.6) is 0 Å². The Labute approximate surface area is 90.0 Å². The van der Waals surface area contributed by atoms with Crippen molar-refractivity contribution in [2.24, 2.45) is 0 Å². The summed E-state index contributed by atoms with van der Waals surface area (Å²) in [6, 6.07) is 0. The summed E-state index contributed by atoms with van der Waals surface area (Å²) in [5.41, 5.74) is -0.370. The summed E-state index contributed by atoms with van der Waals surface area (Å²) in [5.74, 6) is 1.74. The van der Waals surface area contributed by atoms with E-state index in [4.69, 9.17) is 16.3 Å². The summed E-state index contributed by atoms with van der Waals surface area (Å²) in [6.45, 7) is 4.40. The van der Waals surface area contributed by atoms with Crippen LogP contribution >= 0.6 is 0 Å². The first-order valence-corrected chi connectivity index (χ1v) is 5.05. The minimum absolute atomic E-state index is 0.0428. The number of hydrogen-bond donors (Lipinski definition) is 2. The number of aliphatic carboxylic acids is 1. The molecule has 0 aromatic carbocycles. The van der Waals surface area contributed by atoms with E-state index in [0.29, 0.717) is 13.0 Å². The van der Waals surface area contributed by atoms with Gasteiger partial charge >= 0.3 is 5.97 Å². The van der Waals surface area contributed by atoms with Crippen LogP contribution in [0.1, 0.15) is 26.7 Å². The standard InChI is InChI=1S/C11H17NO3/c1-4-11(2,3)12-7-8-5-6-9(15-8)10(13)14/h1,8-9,12H,5-7H2,2-3H3,(H,13,14). The second-order valence-electron chi connectivity index (χ2n) is 4.31. The Morgan fingerprint density at radius 1 is 1.67 bits per heavy atom. The lowest BCUT2D eigenvalue weighted by atomic mass is 10.1. The summed E-state index contributed by atoms with van der Waals surface area (Å²) < 4.78 is 5.33. The molecule has 0 radical (unpaired) electrons. The van der Waals surface area contributed by atoms with E-state index in [-0.39, 0.29) is 11.6 Å². The van der Waals surface area contributed by atoms with Crippen LogP contribution in [-0.2, 0) is 9.53 Å². The number of terminal acetylenes is 1. The van der Waals surface area contributed by atoms with Gasteiger partial charge in [0.05, 0.1) is 11.6 Å². The van der Waals surface area contributed by atoms with Crippen molar-refractivity contribution >= 4 is 5.97 Å². The number of hydrogen-bond acceptors (Lipinski definition) is 3. The zero-order chi connectivity index (χ0) is 11.5. The molecule has 0 aliphatic carbocycles. The zero-order valence-corrected chi connectivity index (χ0v) is 9.12. The number of carboxylic acids is 1. The molecule has 2 N–H and O–H groups in total. The van der Waals surface area contributed by atoms with Gasteiger partial charge in [0.2, 0.25) is 0 Å². The van der Waals surface area contributed by atoms with E-state index in [0.717, 1.165) is 6.42 Å². The normalized spacial score (nSPS) is 26.2. The maximum atomic E-state index is 10.6. The van der Waals surface area contributed by atoms with Gasteiger partial charge < -0.3 is 9.84 Å². The number of carbonyl (C=O) groups is 1. The minimum atomic E-state index is -0.881. The van der Waals surface area contributed by atoms with E-state index in [1.807, 2.05) is 13.8 Å². The van der Waals surface area contributed by atoms with E-state index in [2.05, 4.69) is 11.2 Å². The Morgan fingerprint density at radius 2 is 2.33 bits per heavy atom. The van der Waals surface area contributed by atoms with Crippen molar-refractivity contribution in [2.45, 2.75) is 44.4 Å². The molecule has 2 unspecified atom stereocenters. The summed E-state index contributed by atoms with van der Waals surface area (Å²) in [7, 11) is 0. The molecular weight excluding hydrogens is 194 g/mol. The lowest BCUT2D eigenvalue weighted by molar-refractivity contribution is -0.149. The Kier molecular flexibility index (Phi) is 3.72. The van der Waals surface area contributed by atoms with Gasteiger partial charge in [0.25, 0.3) is 0 Å². The average molecular weight is 211 g/mol. The maximum absolute atomic E-state index is 10.6. The van der Waals surface area contributed by atoms with E-state index < -0.39 is 12.1 Å². The lowest BCUT2D eigenvalue weighted by Gasteiger charge is -2.22. The van der Waals surface area contributed by atoms with Gasteiger partial charge in [0.1, 0.15) is 0 Å². The topological polar surface area (TPSA) is 58.6 Å². The van der Waals surface area contributed by atoms with Crippen LogP contribution in [0.4, 0.5) is 0 Å². The first-order chi connectivity index (χ1) is 6.94. The number of carboxylic acid groups (broad SMARTS) is 1. The molecule has 1 fully saturated rings. The van der Waals surface area contributed by atoms with E-state index in [1.54, 1.807) is 0 Å². The molecule has 0 saturated carbocycles. The smallest absolute Gasteiger partial charge is 0.332 e. The Morgan fingerprint density at radius 3 is 2.80 bits per heavy atom. The molecule has 2 atom stereocenters. The van der Waals surface area contributed by atoms with Crippen molar-refractivity contribution in [1.29, 1.82) is 0 Å². The van der Waals surface area contributed by atoms with Gasteiger partial charge in [-0.25, -0.2) is 4.79 Å². The lowest BCUT2D eigenvalue weighted by Crippen LogP contribution is -2.42. The van der Waals surface area contributed by atoms with Gasteiger partial charge in [-0.1, -0.05) is 5.92 Å². The molecule has 4 nitrogen and oxygen atoms in total. The third-order valence-electron chi connectivity index (χ3n) is 2.52. The first kappa shape index (κ1) is 12.0. The molecule has 0 aromatic heterocycles. The highest BCUT2D eigenvalue weighted by Gasteiger charge is 2.30. The molecule has 0 aromatic rings.